The van der Waals surface area contributed by atoms with Crippen LogP contribution in [-0.2, 0) is 6.54 Å². The first-order valence-electron chi connectivity index (χ1n) is 5.40. The summed E-state index contributed by atoms with van der Waals surface area (Å²) in [5, 5.41) is 2.54. The third-order valence-corrected chi connectivity index (χ3v) is 3.28. The lowest BCUT2D eigenvalue weighted by Crippen LogP contribution is -2.33. The molecule has 0 aliphatic carbocycles. The fourth-order valence-corrected chi connectivity index (χ4v) is 1.80. The van der Waals surface area contributed by atoms with Gasteiger partial charge in [0, 0.05) is 21.8 Å². The predicted octanol–water partition coefficient (Wildman–Crippen LogP) is 1.36. The molecule has 1 N–H and O–H groups in total. The van der Waals surface area contributed by atoms with Crippen molar-refractivity contribution in [1.29, 1.82) is 0 Å². The zero-order chi connectivity index (χ0) is 13.3. The van der Waals surface area contributed by atoms with Gasteiger partial charge in [0.25, 0.3) is 11.1 Å². The molecule has 0 spiro atoms. The number of aromatic amines is 1. The average molecular weight is 310 g/mol. The van der Waals surface area contributed by atoms with Crippen molar-refractivity contribution in [1.82, 2.24) is 14.8 Å². The summed E-state index contributed by atoms with van der Waals surface area (Å²) < 4.78 is 2.15. The Balaban J connectivity index is 2.44. The second kappa shape index (κ2) is 4.89. The average Bonchev–Trinajstić information content (AvgIpc) is 2.36. The van der Waals surface area contributed by atoms with Crippen molar-refractivity contribution in [2.45, 2.75) is 20.4 Å². The van der Waals surface area contributed by atoms with Crippen LogP contribution in [0.15, 0.2) is 32.4 Å². The predicted molar refractivity (Wildman–Crippen MR) is 71.8 cm³/mol. The first kappa shape index (κ1) is 12.8. The maximum Gasteiger partial charge on any atom is 0.268 e. The molecular weight excluding hydrogens is 298 g/mol. The van der Waals surface area contributed by atoms with E-state index in [-0.39, 0.29) is 17.7 Å². The van der Waals surface area contributed by atoms with Gasteiger partial charge in [0.05, 0.1) is 12.2 Å². The quantitative estimate of drug-likeness (QED) is 0.910. The molecule has 0 aliphatic heterocycles. The van der Waals surface area contributed by atoms with E-state index in [0.717, 1.165) is 4.47 Å². The monoisotopic (exact) mass is 309 g/mol. The van der Waals surface area contributed by atoms with Crippen molar-refractivity contribution < 1.29 is 0 Å². The van der Waals surface area contributed by atoms with Gasteiger partial charge >= 0.3 is 0 Å². The highest BCUT2D eigenvalue weighted by atomic mass is 79.9. The van der Waals surface area contributed by atoms with Crippen molar-refractivity contribution in [2.24, 2.45) is 0 Å². The van der Waals surface area contributed by atoms with E-state index in [4.69, 9.17) is 0 Å². The van der Waals surface area contributed by atoms with Crippen molar-refractivity contribution in [2.75, 3.05) is 0 Å². The van der Waals surface area contributed by atoms with Gasteiger partial charge in [0.2, 0.25) is 0 Å². The summed E-state index contributed by atoms with van der Waals surface area (Å²) in [6.07, 6.45) is 1.65. The highest BCUT2D eigenvalue weighted by molar-refractivity contribution is 9.10. The summed E-state index contributed by atoms with van der Waals surface area (Å²) in [6, 6.07) is 3.64. The minimum atomic E-state index is -0.246. The highest BCUT2D eigenvalue weighted by Crippen LogP contribution is 2.07. The molecule has 0 unspecified atom stereocenters. The number of rotatable bonds is 2. The Labute approximate surface area is 112 Å². The number of nitrogens with zero attached hydrogens (tertiary/aromatic N) is 2. The zero-order valence-electron chi connectivity index (χ0n) is 10.0. The Hall–Kier alpha value is -1.69. The SMILES string of the molecule is Cc1c(C)c(=O)n(Cc2ccc(Br)cn2)[nH]c1=O. The van der Waals surface area contributed by atoms with E-state index < -0.39 is 0 Å². The van der Waals surface area contributed by atoms with Crippen LogP contribution in [0.5, 0.6) is 0 Å². The molecular formula is C12H12BrN3O2. The van der Waals surface area contributed by atoms with E-state index in [1.165, 1.54) is 4.68 Å². The van der Waals surface area contributed by atoms with Crippen LogP contribution in [0.4, 0.5) is 0 Å². The Morgan fingerprint density at radius 3 is 2.61 bits per heavy atom. The maximum atomic E-state index is 12.0. The molecule has 0 aliphatic rings. The minimum Gasteiger partial charge on any atom is -0.268 e. The molecule has 0 amide bonds. The lowest BCUT2D eigenvalue weighted by Gasteiger charge is -2.07. The summed E-state index contributed by atoms with van der Waals surface area (Å²) in [6.45, 7) is 3.54. The van der Waals surface area contributed by atoms with Crippen LogP contribution in [0.3, 0.4) is 0 Å². The van der Waals surface area contributed by atoms with Gasteiger partial charge in [-0.1, -0.05) is 0 Å². The molecule has 2 heterocycles. The third kappa shape index (κ3) is 2.43. The summed E-state index contributed by atoms with van der Waals surface area (Å²) in [5.41, 5.74) is 1.19. The molecule has 0 bridgehead atoms. The van der Waals surface area contributed by atoms with Gasteiger partial charge in [-0.3, -0.25) is 19.7 Å². The van der Waals surface area contributed by atoms with Gasteiger partial charge in [-0.2, -0.15) is 0 Å². The Morgan fingerprint density at radius 1 is 1.28 bits per heavy atom. The summed E-state index contributed by atoms with van der Waals surface area (Å²) in [7, 11) is 0. The molecule has 94 valence electrons. The van der Waals surface area contributed by atoms with E-state index in [1.807, 2.05) is 6.07 Å². The number of hydrogen-bond donors (Lipinski definition) is 1. The summed E-state index contributed by atoms with van der Waals surface area (Å²) in [4.78, 5) is 27.8. The molecule has 0 radical (unpaired) electrons. The fraction of sp³-hybridized carbons (Fsp3) is 0.250. The first-order valence-corrected chi connectivity index (χ1v) is 6.19. The van der Waals surface area contributed by atoms with Gasteiger partial charge < -0.3 is 0 Å². The van der Waals surface area contributed by atoms with Gasteiger partial charge in [-0.25, -0.2) is 4.68 Å². The summed E-state index contributed by atoms with van der Waals surface area (Å²) in [5.74, 6) is 0. The molecule has 0 aromatic carbocycles. The van der Waals surface area contributed by atoms with E-state index in [2.05, 4.69) is 26.0 Å². The summed E-state index contributed by atoms with van der Waals surface area (Å²) >= 11 is 3.29. The topological polar surface area (TPSA) is 67.8 Å². The number of hydrogen-bond acceptors (Lipinski definition) is 3. The minimum absolute atomic E-state index is 0.197. The molecule has 2 aromatic rings. The van der Waals surface area contributed by atoms with Gasteiger partial charge in [0.15, 0.2) is 0 Å². The molecule has 5 nitrogen and oxygen atoms in total. The molecule has 0 saturated carbocycles. The zero-order valence-corrected chi connectivity index (χ0v) is 11.6. The first-order chi connectivity index (χ1) is 8.49. The molecule has 6 heteroatoms. The van der Waals surface area contributed by atoms with E-state index >= 15 is 0 Å². The van der Waals surface area contributed by atoms with Crippen LogP contribution < -0.4 is 11.1 Å². The van der Waals surface area contributed by atoms with Crippen LogP contribution >= 0.6 is 15.9 Å². The normalized spacial score (nSPS) is 10.6. The molecule has 2 rings (SSSR count). The maximum absolute atomic E-state index is 12.0. The van der Waals surface area contributed by atoms with Crippen molar-refractivity contribution >= 4 is 15.9 Å². The van der Waals surface area contributed by atoms with Crippen LogP contribution in [-0.4, -0.2) is 14.8 Å². The van der Waals surface area contributed by atoms with E-state index in [0.29, 0.717) is 16.8 Å². The standard InChI is InChI=1S/C12H12BrN3O2/c1-7-8(2)12(18)16(15-11(7)17)6-10-4-3-9(13)5-14-10/h3-5H,6H2,1-2H3,(H,15,17). The van der Waals surface area contributed by atoms with Crippen LogP contribution in [0.25, 0.3) is 0 Å². The number of aromatic nitrogens is 3. The van der Waals surface area contributed by atoms with Crippen LogP contribution in [0, 0.1) is 13.8 Å². The lowest BCUT2D eigenvalue weighted by atomic mass is 10.2. The third-order valence-electron chi connectivity index (χ3n) is 2.81. The van der Waals surface area contributed by atoms with E-state index in [9.17, 15) is 9.59 Å². The second-order valence-corrected chi connectivity index (χ2v) is 4.97. The van der Waals surface area contributed by atoms with Gasteiger partial charge in [-0.05, 0) is 41.9 Å². The highest BCUT2D eigenvalue weighted by Gasteiger charge is 2.07. The van der Waals surface area contributed by atoms with Crippen molar-refractivity contribution in [3.63, 3.8) is 0 Å². The molecule has 2 aromatic heterocycles. The molecule has 0 atom stereocenters. The molecule has 18 heavy (non-hydrogen) atoms. The number of H-pyrrole nitrogens is 1. The van der Waals surface area contributed by atoms with Gasteiger partial charge in [-0.15, -0.1) is 0 Å². The smallest absolute Gasteiger partial charge is 0.268 e. The van der Waals surface area contributed by atoms with E-state index in [1.54, 1.807) is 26.1 Å². The molecule has 0 saturated heterocycles. The molecule has 0 fully saturated rings. The van der Waals surface area contributed by atoms with Crippen molar-refractivity contribution in [3.8, 4) is 0 Å². The van der Waals surface area contributed by atoms with Crippen LogP contribution in [0.1, 0.15) is 16.8 Å². The Morgan fingerprint density at radius 2 is 2.00 bits per heavy atom. The largest absolute Gasteiger partial charge is 0.268 e. The number of pyridine rings is 1. The lowest BCUT2D eigenvalue weighted by molar-refractivity contribution is 0.608. The number of halogens is 1. The fourth-order valence-electron chi connectivity index (χ4n) is 1.56. The Bertz CT molecular complexity index is 686. The van der Waals surface area contributed by atoms with Gasteiger partial charge in [0.1, 0.15) is 0 Å². The second-order valence-electron chi connectivity index (χ2n) is 4.05. The van der Waals surface area contributed by atoms with Crippen LogP contribution in [0.2, 0.25) is 0 Å². The number of nitrogens with one attached hydrogen (secondary N) is 1. The van der Waals surface area contributed by atoms with Crippen molar-refractivity contribution in [3.05, 3.63) is 60.3 Å². The Kier molecular flexibility index (Phi) is 3.47.